The monoisotopic (exact) mass is 301 g/mol. The first-order valence-corrected chi connectivity index (χ1v) is 9.04. The van der Waals surface area contributed by atoms with Crippen molar-refractivity contribution in [2.75, 3.05) is 18.0 Å². The average molecular weight is 301 g/mol. The average Bonchev–Trinajstić information content (AvgIpc) is 2.84. The third kappa shape index (κ3) is 2.33. The van der Waals surface area contributed by atoms with E-state index in [9.17, 15) is 0 Å². The van der Waals surface area contributed by atoms with Gasteiger partial charge in [0.15, 0.2) is 0 Å². The summed E-state index contributed by atoms with van der Waals surface area (Å²) >= 11 is 1.90. The van der Waals surface area contributed by atoms with E-state index in [0.29, 0.717) is 0 Å². The summed E-state index contributed by atoms with van der Waals surface area (Å²) in [6.07, 6.45) is 8.22. The number of hydrogen-bond acceptors (Lipinski definition) is 4. The zero-order chi connectivity index (χ0) is 14.4. The fourth-order valence-electron chi connectivity index (χ4n) is 4.15. The van der Waals surface area contributed by atoms with Gasteiger partial charge in [0.2, 0.25) is 0 Å². The lowest BCUT2D eigenvalue weighted by molar-refractivity contribution is 0.356. The van der Waals surface area contributed by atoms with Crippen molar-refractivity contribution in [3.8, 4) is 0 Å². The van der Waals surface area contributed by atoms with E-state index >= 15 is 0 Å². The SMILES string of the molecule is C[C@H]1C[C@H](C)CN(c2ncnc3sc4c(c23)CCCC4)C1. The molecule has 2 aromatic rings. The van der Waals surface area contributed by atoms with Crippen molar-refractivity contribution in [3.63, 3.8) is 0 Å². The van der Waals surface area contributed by atoms with Gasteiger partial charge in [-0.05, 0) is 49.5 Å². The molecular formula is C17H23N3S. The van der Waals surface area contributed by atoms with Crippen LogP contribution in [0, 0.1) is 11.8 Å². The molecule has 1 aliphatic carbocycles. The molecule has 0 radical (unpaired) electrons. The number of hydrogen-bond donors (Lipinski definition) is 0. The van der Waals surface area contributed by atoms with Crippen LogP contribution in [0.5, 0.6) is 0 Å². The minimum atomic E-state index is 0.758. The highest BCUT2D eigenvalue weighted by Crippen LogP contribution is 2.40. The first-order valence-electron chi connectivity index (χ1n) is 8.22. The summed E-state index contributed by atoms with van der Waals surface area (Å²) < 4.78 is 0. The van der Waals surface area contributed by atoms with E-state index in [1.165, 1.54) is 48.1 Å². The molecule has 0 saturated carbocycles. The van der Waals surface area contributed by atoms with E-state index in [1.807, 2.05) is 11.3 Å². The molecule has 2 aliphatic rings. The number of anilines is 1. The van der Waals surface area contributed by atoms with E-state index in [2.05, 4.69) is 23.7 Å². The Hall–Kier alpha value is -1.16. The van der Waals surface area contributed by atoms with Crippen molar-refractivity contribution in [2.45, 2.75) is 46.0 Å². The molecule has 4 heteroatoms. The number of piperidine rings is 1. The van der Waals surface area contributed by atoms with E-state index < -0.39 is 0 Å². The Morgan fingerprint density at radius 3 is 2.67 bits per heavy atom. The lowest BCUT2D eigenvalue weighted by Crippen LogP contribution is -2.39. The Kier molecular flexibility index (Phi) is 3.37. The largest absolute Gasteiger partial charge is 0.355 e. The fraction of sp³-hybridized carbons (Fsp3) is 0.647. The maximum Gasteiger partial charge on any atom is 0.141 e. The molecule has 0 bridgehead atoms. The van der Waals surface area contributed by atoms with Gasteiger partial charge in [-0.25, -0.2) is 9.97 Å². The molecule has 21 heavy (non-hydrogen) atoms. The second kappa shape index (κ2) is 5.24. The standard InChI is InChI=1S/C17H23N3S/c1-11-7-12(2)9-20(8-11)16-15-13-5-3-4-6-14(13)21-17(15)19-10-18-16/h10-12H,3-9H2,1-2H3/t11-,12-/m0/s1. The topological polar surface area (TPSA) is 29.0 Å². The lowest BCUT2D eigenvalue weighted by atomic mass is 9.91. The molecule has 112 valence electrons. The fourth-order valence-corrected chi connectivity index (χ4v) is 5.37. The predicted molar refractivity (Wildman–Crippen MR) is 89.2 cm³/mol. The molecule has 0 unspecified atom stereocenters. The van der Waals surface area contributed by atoms with Crippen LogP contribution < -0.4 is 4.90 Å². The molecular weight excluding hydrogens is 278 g/mol. The van der Waals surface area contributed by atoms with Crippen LogP contribution in [-0.4, -0.2) is 23.1 Å². The van der Waals surface area contributed by atoms with Crippen LogP contribution >= 0.6 is 11.3 Å². The number of aryl methyl sites for hydroxylation is 2. The van der Waals surface area contributed by atoms with Gasteiger partial charge in [0.25, 0.3) is 0 Å². The molecule has 0 N–H and O–H groups in total. The van der Waals surface area contributed by atoms with Gasteiger partial charge >= 0.3 is 0 Å². The molecule has 2 aromatic heterocycles. The van der Waals surface area contributed by atoms with Crippen molar-refractivity contribution < 1.29 is 0 Å². The van der Waals surface area contributed by atoms with Crippen LogP contribution in [0.25, 0.3) is 10.2 Å². The maximum atomic E-state index is 4.70. The van der Waals surface area contributed by atoms with Crippen molar-refractivity contribution in [2.24, 2.45) is 11.8 Å². The zero-order valence-corrected chi connectivity index (χ0v) is 13.7. The Labute approximate surface area is 130 Å². The Balaban J connectivity index is 1.83. The summed E-state index contributed by atoms with van der Waals surface area (Å²) in [5.74, 6) is 2.72. The van der Waals surface area contributed by atoms with E-state index in [0.717, 1.165) is 24.9 Å². The Morgan fingerprint density at radius 2 is 1.86 bits per heavy atom. The molecule has 4 rings (SSSR count). The van der Waals surface area contributed by atoms with E-state index in [1.54, 1.807) is 16.8 Å². The van der Waals surface area contributed by atoms with Crippen LogP contribution in [0.4, 0.5) is 5.82 Å². The van der Waals surface area contributed by atoms with Gasteiger partial charge in [-0.1, -0.05) is 13.8 Å². The van der Waals surface area contributed by atoms with Crippen LogP contribution in [0.15, 0.2) is 6.33 Å². The smallest absolute Gasteiger partial charge is 0.141 e. The molecule has 1 aliphatic heterocycles. The first kappa shape index (κ1) is 13.5. The van der Waals surface area contributed by atoms with E-state index in [-0.39, 0.29) is 0 Å². The molecule has 3 nitrogen and oxygen atoms in total. The third-order valence-corrected chi connectivity index (χ3v) is 6.10. The quantitative estimate of drug-likeness (QED) is 0.795. The van der Waals surface area contributed by atoms with Crippen LogP contribution in [0.3, 0.4) is 0 Å². The molecule has 1 saturated heterocycles. The second-order valence-corrected chi connectivity index (χ2v) is 8.02. The number of fused-ring (bicyclic) bond motifs is 3. The van der Waals surface area contributed by atoms with Gasteiger partial charge in [-0.15, -0.1) is 11.3 Å². The minimum Gasteiger partial charge on any atom is -0.355 e. The summed E-state index contributed by atoms with van der Waals surface area (Å²) in [4.78, 5) is 14.6. The van der Waals surface area contributed by atoms with Gasteiger partial charge in [-0.3, -0.25) is 0 Å². The van der Waals surface area contributed by atoms with Crippen LogP contribution in [0.2, 0.25) is 0 Å². The second-order valence-electron chi connectivity index (χ2n) is 6.94. The van der Waals surface area contributed by atoms with Gasteiger partial charge in [-0.2, -0.15) is 0 Å². The summed E-state index contributed by atoms with van der Waals surface area (Å²) in [6.45, 7) is 7.01. The van der Waals surface area contributed by atoms with Gasteiger partial charge in [0.05, 0.1) is 5.39 Å². The van der Waals surface area contributed by atoms with Crippen molar-refractivity contribution in [3.05, 3.63) is 16.8 Å². The maximum absolute atomic E-state index is 4.70. The van der Waals surface area contributed by atoms with Crippen molar-refractivity contribution in [1.29, 1.82) is 0 Å². The highest BCUT2D eigenvalue weighted by molar-refractivity contribution is 7.19. The summed E-state index contributed by atoms with van der Waals surface area (Å²) in [7, 11) is 0. The number of aromatic nitrogens is 2. The third-order valence-electron chi connectivity index (χ3n) is 4.90. The van der Waals surface area contributed by atoms with Crippen LogP contribution in [0.1, 0.15) is 43.6 Å². The van der Waals surface area contributed by atoms with Crippen LogP contribution in [-0.2, 0) is 12.8 Å². The zero-order valence-electron chi connectivity index (χ0n) is 12.9. The molecule has 0 amide bonds. The van der Waals surface area contributed by atoms with Crippen molar-refractivity contribution in [1.82, 2.24) is 9.97 Å². The van der Waals surface area contributed by atoms with Crippen molar-refractivity contribution >= 4 is 27.4 Å². The summed E-state index contributed by atoms with van der Waals surface area (Å²) in [6, 6.07) is 0. The van der Waals surface area contributed by atoms with Gasteiger partial charge < -0.3 is 4.90 Å². The molecule has 1 fully saturated rings. The number of rotatable bonds is 1. The Morgan fingerprint density at radius 1 is 1.10 bits per heavy atom. The molecule has 0 aromatic carbocycles. The molecule has 0 spiro atoms. The Bertz CT molecular complexity index is 653. The summed E-state index contributed by atoms with van der Waals surface area (Å²) in [5.41, 5.74) is 1.56. The number of thiophene rings is 1. The van der Waals surface area contributed by atoms with Gasteiger partial charge in [0, 0.05) is 18.0 Å². The molecule has 3 heterocycles. The van der Waals surface area contributed by atoms with E-state index in [4.69, 9.17) is 4.98 Å². The molecule has 2 atom stereocenters. The normalized spacial score (nSPS) is 26.1. The lowest BCUT2D eigenvalue weighted by Gasteiger charge is -2.36. The highest BCUT2D eigenvalue weighted by Gasteiger charge is 2.27. The van der Waals surface area contributed by atoms with Gasteiger partial charge in [0.1, 0.15) is 17.0 Å². The number of nitrogens with zero attached hydrogens (tertiary/aromatic N) is 3. The summed E-state index contributed by atoms with van der Waals surface area (Å²) in [5, 5.41) is 1.37. The highest BCUT2D eigenvalue weighted by atomic mass is 32.1. The predicted octanol–water partition coefficient (Wildman–Crippen LogP) is 4.05. The first-order chi connectivity index (χ1) is 10.2. The minimum absolute atomic E-state index is 0.758.